The maximum absolute atomic E-state index is 2.53. The zero-order valence-corrected chi connectivity index (χ0v) is 17.1. The Hall–Kier alpha value is -2.60. The van der Waals surface area contributed by atoms with Crippen LogP contribution in [-0.2, 0) is 0 Å². The molecule has 0 radical (unpaired) electrons. The Balaban J connectivity index is 1.63. The first kappa shape index (κ1) is 16.4. The minimum absolute atomic E-state index is 0.0102. The highest BCUT2D eigenvalue weighted by atomic mass is 14.6. The van der Waals surface area contributed by atoms with E-state index in [9.17, 15) is 0 Å². The summed E-state index contributed by atoms with van der Waals surface area (Å²) in [6, 6.07) is 0. The second kappa shape index (κ2) is 4.69. The van der Waals surface area contributed by atoms with Crippen molar-refractivity contribution < 1.29 is 0 Å². The van der Waals surface area contributed by atoms with Crippen molar-refractivity contribution in [3.05, 3.63) is 119 Å². The first-order valence-electron chi connectivity index (χ1n) is 10.4. The zero-order valence-electron chi connectivity index (χ0n) is 17.1. The number of hydrogen-bond acceptors (Lipinski definition) is 0. The second-order valence-corrected chi connectivity index (χ2v) is 9.77. The van der Waals surface area contributed by atoms with Gasteiger partial charge in [-0.2, -0.15) is 0 Å². The maximum Gasteiger partial charge on any atom is 0.0303 e. The molecule has 4 atom stereocenters. The lowest BCUT2D eigenvalue weighted by Gasteiger charge is -2.38. The molecule has 4 unspecified atom stereocenters. The molecule has 0 aromatic heterocycles. The van der Waals surface area contributed by atoms with Crippen molar-refractivity contribution in [2.45, 2.75) is 27.7 Å². The van der Waals surface area contributed by atoms with Crippen molar-refractivity contribution in [2.24, 2.45) is 21.7 Å². The molecule has 0 heterocycles. The fourth-order valence-electron chi connectivity index (χ4n) is 6.36. The van der Waals surface area contributed by atoms with Crippen molar-refractivity contribution in [3.8, 4) is 0 Å². The van der Waals surface area contributed by atoms with Gasteiger partial charge in [0.05, 0.1) is 0 Å². The van der Waals surface area contributed by atoms with E-state index in [2.05, 4.69) is 113 Å². The Morgan fingerprint density at radius 1 is 0.607 bits per heavy atom. The monoisotopic (exact) mass is 362 g/mol. The highest BCUT2D eigenvalue weighted by Crippen LogP contribution is 2.67. The van der Waals surface area contributed by atoms with E-state index in [4.69, 9.17) is 0 Å². The fraction of sp³-hybridized carbons (Fsp3) is 0.286. The highest BCUT2D eigenvalue weighted by Gasteiger charge is 2.57. The predicted octanol–water partition coefficient (Wildman–Crippen LogP) is 6.88. The molecular weight excluding hydrogens is 336 g/mol. The molecular formula is C28H26. The molecule has 0 heteroatoms. The minimum Gasteiger partial charge on any atom is -0.0733 e. The van der Waals surface area contributed by atoms with E-state index >= 15 is 0 Å². The molecule has 6 aliphatic carbocycles. The van der Waals surface area contributed by atoms with Gasteiger partial charge < -0.3 is 0 Å². The van der Waals surface area contributed by atoms with E-state index in [-0.39, 0.29) is 21.7 Å². The molecule has 0 spiro atoms. The Labute approximate surface area is 168 Å². The summed E-state index contributed by atoms with van der Waals surface area (Å²) < 4.78 is 0. The predicted molar refractivity (Wildman–Crippen MR) is 117 cm³/mol. The van der Waals surface area contributed by atoms with Gasteiger partial charge in [-0.3, -0.25) is 0 Å². The lowest BCUT2D eigenvalue weighted by molar-refractivity contribution is 0.323. The lowest BCUT2D eigenvalue weighted by atomic mass is 9.64. The highest BCUT2D eigenvalue weighted by molar-refractivity contribution is 5.73. The summed E-state index contributed by atoms with van der Waals surface area (Å²) >= 11 is 0. The van der Waals surface area contributed by atoms with Gasteiger partial charge in [0.2, 0.25) is 0 Å². The summed E-state index contributed by atoms with van der Waals surface area (Å²) in [4.78, 5) is 0. The summed E-state index contributed by atoms with van der Waals surface area (Å²) in [6.07, 6.45) is 32.7. The Bertz CT molecular complexity index is 1150. The van der Waals surface area contributed by atoms with Crippen LogP contribution in [0.15, 0.2) is 119 Å². The van der Waals surface area contributed by atoms with E-state index in [1.54, 1.807) is 0 Å². The summed E-state index contributed by atoms with van der Waals surface area (Å²) in [5, 5.41) is 0. The van der Waals surface area contributed by atoms with Crippen LogP contribution >= 0.6 is 0 Å². The van der Waals surface area contributed by atoms with E-state index in [0.29, 0.717) is 0 Å². The SMILES string of the molecule is CC12C=CC3=CC=CC=C(C(C4=C5C=CC6(C)C=CC(=CC=C4)C56C)=C1)C32C. The number of rotatable bonds is 1. The molecule has 0 amide bonds. The van der Waals surface area contributed by atoms with Crippen molar-refractivity contribution in [1.29, 1.82) is 0 Å². The van der Waals surface area contributed by atoms with Gasteiger partial charge in [0.1, 0.15) is 0 Å². The molecule has 6 aliphatic rings. The average molecular weight is 363 g/mol. The lowest BCUT2D eigenvalue weighted by Crippen LogP contribution is -2.31. The second-order valence-electron chi connectivity index (χ2n) is 9.77. The van der Waals surface area contributed by atoms with Crippen molar-refractivity contribution in [3.63, 3.8) is 0 Å². The standard InChI is InChI=1S/C28H26/c1-25-15-12-20-9-7-10-21(24(14-17-25)27(20,25)3)22-18-26(2)16-13-19-8-5-6-11-23(22)28(19,26)4/h5-18H,1-4H3. The molecule has 0 aromatic carbocycles. The fourth-order valence-corrected chi connectivity index (χ4v) is 6.36. The molecule has 0 fully saturated rings. The molecule has 0 bridgehead atoms. The third kappa shape index (κ3) is 1.54. The Morgan fingerprint density at radius 3 is 2.07 bits per heavy atom. The van der Waals surface area contributed by atoms with Crippen LogP contribution in [0.25, 0.3) is 0 Å². The van der Waals surface area contributed by atoms with Crippen LogP contribution in [-0.4, -0.2) is 0 Å². The topological polar surface area (TPSA) is 0 Å². The minimum atomic E-state index is 0.0102. The Kier molecular flexibility index (Phi) is 2.74. The molecule has 0 saturated heterocycles. The maximum atomic E-state index is 2.53. The normalized spacial score (nSPS) is 43.6. The molecule has 138 valence electrons. The van der Waals surface area contributed by atoms with Crippen LogP contribution in [0.4, 0.5) is 0 Å². The van der Waals surface area contributed by atoms with E-state index in [1.165, 1.54) is 33.4 Å². The van der Waals surface area contributed by atoms with Crippen LogP contribution in [0.3, 0.4) is 0 Å². The molecule has 6 rings (SSSR count). The number of allylic oxidation sites excluding steroid dienone is 20. The van der Waals surface area contributed by atoms with E-state index in [1.807, 2.05) is 0 Å². The van der Waals surface area contributed by atoms with Crippen LogP contribution in [0.5, 0.6) is 0 Å². The van der Waals surface area contributed by atoms with Crippen molar-refractivity contribution in [2.75, 3.05) is 0 Å². The van der Waals surface area contributed by atoms with Gasteiger partial charge in [-0.25, -0.2) is 0 Å². The average Bonchev–Trinajstić information content (AvgIpc) is 3.12. The van der Waals surface area contributed by atoms with Gasteiger partial charge >= 0.3 is 0 Å². The third-order valence-electron chi connectivity index (χ3n) is 8.70. The molecule has 0 saturated carbocycles. The first-order chi connectivity index (χ1) is 13.3. The van der Waals surface area contributed by atoms with Gasteiger partial charge in [0.25, 0.3) is 0 Å². The summed E-state index contributed by atoms with van der Waals surface area (Å²) in [5.41, 5.74) is 8.68. The molecule has 0 N–H and O–H groups in total. The summed E-state index contributed by atoms with van der Waals surface area (Å²) in [6.45, 7) is 9.60. The van der Waals surface area contributed by atoms with E-state index < -0.39 is 0 Å². The van der Waals surface area contributed by atoms with Gasteiger partial charge in [-0.05, 0) is 33.4 Å². The molecule has 0 aliphatic heterocycles. The van der Waals surface area contributed by atoms with Gasteiger partial charge in [-0.15, -0.1) is 0 Å². The van der Waals surface area contributed by atoms with Gasteiger partial charge in [-0.1, -0.05) is 113 Å². The largest absolute Gasteiger partial charge is 0.0733 e. The van der Waals surface area contributed by atoms with Crippen LogP contribution in [0.2, 0.25) is 0 Å². The van der Waals surface area contributed by atoms with Gasteiger partial charge in [0, 0.05) is 21.7 Å². The molecule has 0 aromatic rings. The first-order valence-corrected chi connectivity index (χ1v) is 10.4. The smallest absolute Gasteiger partial charge is 0.0303 e. The third-order valence-corrected chi connectivity index (χ3v) is 8.70. The van der Waals surface area contributed by atoms with Crippen LogP contribution in [0.1, 0.15) is 27.7 Å². The van der Waals surface area contributed by atoms with Crippen molar-refractivity contribution in [1.82, 2.24) is 0 Å². The molecule has 0 nitrogen and oxygen atoms in total. The van der Waals surface area contributed by atoms with Crippen LogP contribution in [0, 0.1) is 21.7 Å². The quantitative estimate of drug-likeness (QED) is 0.477. The van der Waals surface area contributed by atoms with Crippen LogP contribution < -0.4 is 0 Å². The zero-order chi connectivity index (χ0) is 19.4. The summed E-state index contributed by atoms with van der Waals surface area (Å²) in [5.74, 6) is 0. The van der Waals surface area contributed by atoms with Crippen molar-refractivity contribution >= 4 is 0 Å². The Morgan fingerprint density at radius 2 is 1.25 bits per heavy atom. The number of hydrogen-bond donors (Lipinski definition) is 0. The van der Waals surface area contributed by atoms with E-state index in [0.717, 1.165) is 0 Å². The summed E-state index contributed by atoms with van der Waals surface area (Å²) in [7, 11) is 0. The van der Waals surface area contributed by atoms with Gasteiger partial charge in [0.15, 0.2) is 0 Å². The molecule has 28 heavy (non-hydrogen) atoms.